The Morgan fingerprint density at radius 1 is 1.03 bits per heavy atom. The summed E-state index contributed by atoms with van der Waals surface area (Å²) < 4.78 is 12.1. The smallest absolute Gasteiger partial charge is 0.410 e. The molecule has 2 heterocycles. The van der Waals surface area contributed by atoms with Gasteiger partial charge in [0.2, 0.25) is 5.88 Å². The first kappa shape index (κ1) is 22.6. The SMILES string of the molecule is CC(C)(C)OC(=O)N1CCN(Cc2ccc(CCOc3ccc(Br)cn3)cc2)CC1. The van der Waals surface area contributed by atoms with Crippen molar-refractivity contribution < 1.29 is 14.3 Å². The Labute approximate surface area is 187 Å². The monoisotopic (exact) mass is 475 g/mol. The number of pyridine rings is 1. The van der Waals surface area contributed by atoms with Crippen molar-refractivity contribution in [2.45, 2.75) is 39.3 Å². The summed E-state index contributed by atoms with van der Waals surface area (Å²) in [5.74, 6) is 0.639. The number of carbonyl (C=O) groups is 1. The minimum atomic E-state index is -0.449. The molecule has 1 aromatic carbocycles. The van der Waals surface area contributed by atoms with Gasteiger partial charge in [-0.1, -0.05) is 24.3 Å². The Morgan fingerprint density at radius 2 is 1.70 bits per heavy atom. The number of hydrogen-bond acceptors (Lipinski definition) is 5. The van der Waals surface area contributed by atoms with Crippen molar-refractivity contribution in [3.8, 4) is 5.88 Å². The highest BCUT2D eigenvalue weighted by atomic mass is 79.9. The molecule has 1 aromatic heterocycles. The molecule has 7 heteroatoms. The Hall–Kier alpha value is -2.12. The van der Waals surface area contributed by atoms with Crippen LogP contribution in [0.4, 0.5) is 4.79 Å². The van der Waals surface area contributed by atoms with Crippen LogP contribution < -0.4 is 4.74 Å². The summed E-state index contributed by atoms with van der Waals surface area (Å²) in [6.07, 6.45) is 2.36. The second-order valence-corrected chi connectivity index (χ2v) is 9.39. The molecule has 0 unspecified atom stereocenters. The van der Waals surface area contributed by atoms with Crippen LogP contribution in [0.25, 0.3) is 0 Å². The van der Waals surface area contributed by atoms with Gasteiger partial charge in [0.15, 0.2) is 0 Å². The molecule has 1 amide bonds. The standard InChI is InChI=1S/C23H30BrN3O3/c1-23(2,3)30-22(28)27-13-11-26(12-14-27)17-19-6-4-18(5-7-19)10-15-29-21-9-8-20(24)16-25-21/h4-9,16H,10-15,17H2,1-3H3. The van der Waals surface area contributed by atoms with Crippen LogP contribution in [0.5, 0.6) is 5.88 Å². The van der Waals surface area contributed by atoms with Gasteiger partial charge in [0, 0.05) is 55.9 Å². The topological polar surface area (TPSA) is 54.9 Å². The molecule has 6 nitrogen and oxygen atoms in total. The summed E-state index contributed by atoms with van der Waals surface area (Å²) in [6, 6.07) is 12.4. The zero-order chi connectivity index (χ0) is 21.6. The van der Waals surface area contributed by atoms with E-state index in [1.165, 1.54) is 11.1 Å². The molecule has 0 atom stereocenters. The number of aromatic nitrogens is 1. The number of hydrogen-bond donors (Lipinski definition) is 0. The minimum Gasteiger partial charge on any atom is -0.477 e. The minimum absolute atomic E-state index is 0.216. The quantitative estimate of drug-likeness (QED) is 0.614. The van der Waals surface area contributed by atoms with Gasteiger partial charge in [-0.15, -0.1) is 0 Å². The fraction of sp³-hybridized carbons (Fsp3) is 0.478. The normalized spacial score (nSPS) is 15.1. The fourth-order valence-electron chi connectivity index (χ4n) is 3.21. The maximum atomic E-state index is 12.2. The van der Waals surface area contributed by atoms with Crippen molar-refractivity contribution in [1.82, 2.24) is 14.8 Å². The van der Waals surface area contributed by atoms with Crippen LogP contribution in [0, 0.1) is 0 Å². The van der Waals surface area contributed by atoms with Crippen molar-refractivity contribution in [2.24, 2.45) is 0 Å². The Balaban J connectivity index is 1.39. The first-order valence-corrected chi connectivity index (χ1v) is 11.1. The van der Waals surface area contributed by atoms with Gasteiger partial charge in [0.1, 0.15) is 5.60 Å². The van der Waals surface area contributed by atoms with E-state index in [1.54, 1.807) is 11.1 Å². The number of ether oxygens (including phenoxy) is 2. The molecule has 2 aromatic rings. The largest absolute Gasteiger partial charge is 0.477 e. The third-order valence-electron chi connectivity index (χ3n) is 4.79. The lowest BCUT2D eigenvalue weighted by atomic mass is 10.1. The van der Waals surface area contributed by atoms with Crippen LogP contribution in [-0.4, -0.2) is 59.3 Å². The summed E-state index contributed by atoms with van der Waals surface area (Å²) >= 11 is 3.37. The fourth-order valence-corrected chi connectivity index (χ4v) is 3.44. The molecule has 3 rings (SSSR count). The third kappa shape index (κ3) is 7.29. The Morgan fingerprint density at radius 3 is 2.30 bits per heavy atom. The number of benzene rings is 1. The third-order valence-corrected chi connectivity index (χ3v) is 5.26. The van der Waals surface area contributed by atoms with E-state index in [0.717, 1.165) is 30.5 Å². The van der Waals surface area contributed by atoms with Gasteiger partial charge >= 0.3 is 6.09 Å². The molecule has 0 saturated carbocycles. The van der Waals surface area contributed by atoms with Crippen molar-refractivity contribution in [1.29, 1.82) is 0 Å². The van der Waals surface area contributed by atoms with Crippen LogP contribution >= 0.6 is 15.9 Å². The van der Waals surface area contributed by atoms with Crippen molar-refractivity contribution >= 4 is 22.0 Å². The van der Waals surface area contributed by atoms with Crippen molar-refractivity contribution in [2.75, 3.05) is 32.8 Å². The molecule has 0 spiro atoms. The second kappa shape index (κ2) is 10.3. The van der Waals surface area contributed by atoms with E-state index >= 15 is 0 Å². The summed E-state index contributed by atoms with van der Waals surface area (Å²) in [5, 5.41) is 0. The molecule has 0 radical (unpaired) electrons. The van der Waals surface area contributed by atoms with Gasteiger partial charge in [0.25, 0.3) is 0 Å². The van der Waals surface area contributed by atoms with E-state index < -0.39 is 5.60 Å². The molecule has 1 fully saturated rings. The molecule has 30 heavy (non-hydrogen) atoms. The van der Waals surface area contributed by atoms with Crippen molar-refractivity contribution in [3.05, 3.63) is 58.2 Å². The van der Waals surface area contributed by atoms with Gasteiger partial charge in [-0.05, 0) is 53.9 Å². The van der Waals surface area contributed by atoms with Gasteiger partial charge < -0.3 is 14.4 Å². The van der Waals surface area contributed by atoms with E-state index in [2.05, 4.69) is 50.1 Å². The first-order chi connectivity index (χ1) is 14.3. The van der Waals surface area contributed by atoms with Crippen LogP contribution in [0.3, 0.4) is 0 Å². The van der Waals surface area contributed by atoms with E-state index in [1.807, 2.05) is 32.9 Å². The summed E-state index contributed by atoms with van der Waals surface area (Å²) in [7, 11) is 0. The zero-order valence-electron chi connectivity index (χ0n) is 17.9. The maximum absolute atomic E-state index is 12.2. The molecule has 0 N–H and O–H groups in total. The lowest BCUT2D eigenvalue weighted by Crippen LogP contribution is -2.49. The number of halogens is 1. The van der Waals surface area contributed by atoms with E-state index in [0.29, 0.717) is 25.6 Å². The predicted molar refractivity (Wildman–Crippen MR) is 121 cm³/mol. The van der Waals surface area contributed by atoms with Gasteiger partial charge in [0.05, 0.1) is 6.61 Å². The van der Waals surface area contributed by atoms with Gasteiger partial charge in [-0.2, -0.15) is 0 Å². The Bertz CT molecular complexity index is 811. The summed E-state index contributed by atoms with van der Waals surface area (Å²) in [6.45, 7) is 10.3. The Kier molecular flexibility index (Phi) is 7.72. The highest BCUT2D eigenvalue weighted by molar-refractivity contribution is 9.10. The first-order valence-electron chi connectivity index (χ1n) is 10.3. The van der Waals surface area contributed by atoms with Crippen LogP contribution in [0.1, 0.15) is 31.9 Å². The van der Waals surface area contributed by atoms with E-state index in [4.69, 9.17) is 9.47 Å². The van der Waals surface area contributed by atoms with Crippen LogP contribution in [0.2, 0.25) is 0 Å². The van der Waals surface area contributed by atoms with Crippen LogP contribution in [0.15, 0.2) is 47.1 Å². The molecule has 0 aliphatic carbocycles. The molecule has 1 aliphatic heterocycles. The number of rotatable bonds is 6. The van der Waals surface area contributed by atoms with E-state index in [9.17, 15) is 4.79 Å². The van der Waals surface area contributed by atoms with E-state index in [-0.39, 0.29) is 6.09 Å². The van der Waals surface area contributed by atoms with Gasteiger partial charge in [-0.25, -0.2) is 9.78 Å². The summed E-state index contributed by atoms with van der Waals surface area (Å²) in [4.78, 5) is 20.6. The number of carbonyl (C=O) groups excluding carboxylic acids is 1. The maximum Gasteiger partial charge on any atom is 0.410 e. The molecular formula is C23H30BrN3O3. The highest BCUT2D eigenvalue weighted by Crippen LogP contribution is 2.15. The van der Waals surface area contributed by atoms with Crippen molar-refractivity contribution in [3.63, 3.8) is 0 Å². The molecule has 1 aliphatic rings. The average molecular weight is 476 g/mol. The lowest BCUT2D eigenvalue weighted by Gasteiger charge is -2.35. The molecule has 162 valence electrons. The average Bonchev–Trinajstić information content (AvgIpc) is 2.70. The number of piperazine rings is 1. The van der Waals surface area contributed by atoms with Crippen LogP contribution in [-0.2, 0) is 17.7 Å². The molecule has 1 saturated heterocycles. The highest BCUT2D eigenvalue weighted by Gasteiger charge is 2.25. The zero-order valence-corrected chi connectivity index (χ0v) is 19.5. The lowest BCUT2D eigenvalue weighted by molar-refractivity contribution is 0.0139. The molecule has 0 bridgehead atoms. The number of amides is 1. The molecular weight excluding hydrogens is 446 g/mol. The second-order valence-electron chi connectivity index (χ2n) is 8.47. The van der Waals surface area contributed by atoms with Gasteiger partial charge in [-0.3, -0.25) is 4.90 Å². The summed E-state index contributed by atoms with van der Waals surface area (Å²) in [5.41, 5.74) is 2.07. The number of nitrogens with zero attached hydrogens (tertiary/aromatic N) is 3. The predicted octanol–water partition coefficient (Wildman–Crippen LogP) is 4.52.